The molecule has 0 heterocycles. The molecule has 2 nitrogen and oxygen atoms in total. The Balaban J connectivity index is 2.40. The first kappa shape index (κ1) is 12.1. The lowest BCUT2D eigenvalue weighted by molar-refractivity contribution is 0.143. The quantitative estimate of drug-likeness (QED) is 0.425. The Bertz CT molecular complexity index is 311. The molecule has 0 saturated heterocycles. The summed E-state index contributed by atoms with van der Waals surface area (Å²) in [4.78, 5) is 5.16. The summed E-state index contributed by atoms with van der Waals surface area (Å²) in [6.07, 6.45) is 0.901. The lowest BCUT2D eigenvalue weighted by Gasteiger charge is -2.08. The molecule has 0 spiro atoms. The molecule has 0 fully saturated rings. The summed E-state index contributed by atoms with van der Waals surface area (Å²) >= 11 is 6.14. The number of hydrogen-bond acceptors (Lipinski definition) is 2. The average molecular weight is 226 g/mol. The van der Waals surface area contributed by atoms with Crippen molar-refractivity contribution in [1.82, 2.24) is 0 Å². The maximum absolute atomic E-state index is 6.14. The Morgan fingerprint density at radius 2 is 2.07 bits per heavy atom. The van der Waals surface area contributed by atoms with Crippen molar-refractivity contribution in [1.29, 1.82) is 0 Å². The van der Waals surface area contributed by atoms with Gasteiger partial charge in [-0.1, -0.05) is 42.4 Å². The Morgan fingerprint density at radius 3 is 2.67 bits per heavy atom. The van der Waals surface area contributed by atoms with E-state index in [4.69, 9.17) is 16.4 Å². The highest BCUT2D eigenvalue weighted by molar-refractivity contribution is 6.20. The van der Waals surface area contributed by atoms with Crippen LogP contribution in [0.3, 0.4) is 0 Å². The number of rotatable bonds is 5. The normalized spacial score (nSPS) is 13.7. The highest BCUT2D eigenvalue weighted by Gasteiger charge is 2.07. The summed E-state index contributed by atoms with van der Waals surface area (Å²) in [5, 5.41) is 3.80. The summed E-state index contributed by atoms with van der Waals surface area (Å²) in [5.41, 5.74) is 2.04. The standard InChI is InChI=1S/C12H16ClNO/c1-3-10(2)14-15-9-12(13)11-7-5-4-6-8-11/h4-8,12H,3,9H2,1-2H3. The lowest BCUT2D eigenvalue weighted by Crippen LogP contribution is -2.00. The molecule has 0 aliphatic rings. The molecule has 0 aromatic heterocycles. The van der Waals surface area contributed by atoms with Crippen LogP contribution in [0, 0.1) is 0 Å². The van der Waals surface area contributed by atoms with E-state index in [1.165, 1.54) is 0 Å². The van der Waals surface area contributed by atoms with E-state index < -0.39 is 0 Å². The molecule has 0 saturated carbocycles. The maximum atomic E-state index is 6.14. The zero-order valence-electron chi connectivity index (χ0n) is 9.11. The van der Waals surface area contributed by atoms with Gasteiger partial charge in [0.25, 0.3) is 0 Å². The second kappa shape index (κ2) is 6.46. The summed E-state index contributed by atoms with van der Waals surface area (Å²) < 4.78 is 0. The zero-order chi connectivity index (χ0) is 11.1. The third kappa shape index (κ3) is 4.34. The largest absolute Gasteiger partial charge is 0.394 e. The maximum Gasteiger partial charge on any atom is 0.137 e. The van der Waals surface area contributed by atoms with Crippen molar-refractivity contribution in [3.05, 3.63) is 35.9 Å². The highest BCUT2D eigenvalue weighted by Crippen LogP contribution is 2.19. The fourth-order valence-electron chi connectivity index (χ4n) is 1.04. The first-order valence-corrected chi connectivity index (χ1v) is 5.52. The Kier molecular flexibility index (Phi) is 5.19. The molecule has 0 bridgehead atoms. The predicted octanol–water partition coefficient (Wildman–Crippen LogP) is 3.77. The number of benzene rings is 1. The van der Waals surface area contributed by atoms with E-state index in [0.717, 1.165) is 17.7 Å². The number of hydrogen-bond donors (Lipinski definition) is 0. The van der Waals surface area contributed by atoms with Gasteiger partial charge in [0.2, 0.25) is 0 Å². The topological polar surface area (TPSA) is 21.6 Å². The summed E-state index contributed by atoms with van der Waals surface area (Å²) in [6.45, 7) is 4.38. The van der Waals surface area contributed by atoms with E-state index in [9.17, 15) is 0 Å². The number of alkyl halides is 1. The Morgan fingerprint density at radius 1 is 1.40 bits per heavy atom. The molecular formula is C12H16ClNO. The predicted molar refractivity (Wildman–Crippen MR) is 64.4 cm³/mol. The molecule has 1 aromatic rings. The zero-order valence-corrected chi connectivity index (χ0v) is 9.87. The van der Waals surface area contributed by atoms with Crippen molar-refractivity contribution >= 4 is 17.3 Å². The van der Waals surface area contributed by atoms with Crippen LogP contribution in [-0.4, -0.2) is 12.3 Å². The first-order chi connectivity index (χ1) is 7.24. The monoisotopic (exact) mass is 225 g/mol. The summed E-state index contributed by atoms with van der Waals surface area (Å²) in [7, 11) is 0. The first-order valence-electron chi connectivity index (χ1n) is 5.08. The average Bonchev–Trinajstić information content (AvgIpc) is 2.29. The van der Waals surface area contributed by atoms with Gasteiger partial charge in [0.1, 0.15) is 6.61 Å². The van der Waals surface area contributed by atoms with Crippen LogP contribution in [0.5, 0.6) is 0 Å². The van der Waals surface area contributed by atoms with Crippen LogP contribution in [-0.2, 0) is 4.84 Å². The van der Waals surface area contributed by atoms with E-state index in [1.54, 1.807) is 0 Å². The van der Waals surface area contributed by atoms with Gasteiger partial charge in [-0.05, 0) is 18.9 Å². The lowest BCUT2D eigenvalue weighted by atomic mass is 10.2. The van der Waals surface area contributed by atoms with Crippen molar-refractivity contribution in [2.45, 2.75) is 25.6 Å². The minimum atomic E-state index is -0.139. The van der Waals surface area contributed by atoms with E-state index >= 15 is 0 Å². The van der Waals surface area contributed by atoms with E-state index in [0.29, 0.717) is 6.61 Å². The highest BCUT2D eigenvalue weighted by atomic mass is 35.5. The van der Waals surface area contributed by atoms with Crippen LogP contribution in [0.4, 0.5) is 0 Å². The van der Waals surface area contributed by atoms with Gasteiger partial charge < -0.3 is 4.84 Å². The van der Waals surface area contributed by atoms with E-state index in [1.807, 2.05) is 44.2 Å². The van der Waals surface area contributed by atoms with Crippen molar-refractivity contribution < 1.29 is 4.84 Å². The molecule has 0 N–H and O–H groups in total. The van der Waals surface area contributed by atoms with Crippen LogP contribution >= 0.6 is 11.6 Å². The van der Waals surface area contributed by atoms with Gasteiger partial charge in [-0.2, -0.15) is 0 Å². The van der Waals surface area contributed by atoms with Gasteiger partial charge in [0.15, 0.2) is 0 Å². The molecule has 1 atom stereocenters. The molecule has 1 unspecified atom stereocenters. The van der Waals surface area contributed by atoms with E-state index in [2.05, 4.69) is 5.16 Å². The third-order valence-electron chi connectivity index (χ3n) is 2.11. The molecule has 3 heteroatoms. The Hall–Kier alpha value is -1.02. The number of oxime groups is 1. The van der Waals surface area contributed by atoms with Crippen molar-refractivity contribution in [3.63, 3.8) is 0 Å². The molecule has 0 aliphatic carbocycles. The summed E-state index contributed by atoms with van der Waals surface area (Å²) in [5.74, 6) is 0. The molecule has 0 radical (unpaired) electrons. The smallest absolute Gasteiger partial charge is 0.137 e. The second-order valence-corrected chi connectivity index (χ2v) is 3.88. The third-order valence-corrected chi connectivity index (χ3v) is 2.49. The SMILES string of the molecule is CCC(C)=NOCC(Cl)c1ccccc1. The van der Waals surface area contributed by atoms with Crippen LogP contribution in [0.2, 0.25) is 0 Å². The van der Waals surface area contributed by atoms with Gasteiger partial charge in [-0.15, -0.1) is 11.6 Å². The van der Waals surface area contributed by atoms with Crippen LogP contribution in [0.15, 0.2) is 35.5 Å². The fraction of sp³-hybridized carbons (Fsp3) is 0.417. The molecule has 1 rings (SSSR count). The number of nitrogens with zero attached hydrogens (tertiary/aromatic N) is 1. The molecular weight excluding hydrogens is 210 g/mol. The van der Waals surface area contributed by atoms with Crippen molar-refractivity contribution in [3.8, 4) is 0 Å². The van der Waals surface area contributed by atoms with Gasteiger partial charge in [0, 0.05) is 0 Å². The van der Waals surface area contributed by atoms with Gasteiger partial charge in [-0.3, -0.25) is 0 Å². The van der Waals surface area contributed by atoms with Crippen LogP contribution < -0.4 is 0 Å². The molecule has 0 aliphatic heterocycles. The van der Waals surface area contributed by atoms with Crippen molar-refractivity contribution in [2.75, 3.05) is 6.61 Å². The van der Waals surface area contributed by atoms with Gasteiger partial charge in [0.05, 0.1) is 11.1 Å². The van der Waals surface area contributed by atoms with Crippen LogP contribution in [0.25, 0.3) is 0 Å². The van der Waals surface area contributed by atoms with E-state index in [-0.39, 0.29) is 5.38 Å². The van der Waals surface area contributed by atoms with Gasteiger partial charge in [-0.25, -0.2) is 0 Å². The minimum absolute atomic E-state index is 0.139. The van der Waals surface area contributed by atoms with Crippen LogP contribution in [0.1, 0.15) is 31.2 Å². The van der Waals surface area contributed by atoms with Gasteiger partial charge >= 0.3 is 0 Å². The second-order valence-electron chi connectivity index (χ2n) is 3.35. The molecule has 0 amide bonds. The summed E-state index contributed by atoms with van der Waals surface area (Å²) in [6, 6.07) is 9.86. The molecule has 82 valence electrons. The number of halogens is 1. The van der Waals surface area contributed by atoms with Crippen molar-refractivity contribution in [2.24, 2.45) is 5.16 Å². The minimum Gasteiger partial charge on any atom is -0.394 e. The molecule has 15 heavy (non-hydrogen) atoms. The fourth-order valence-corrected chi connectivity index (χ4v) is 1.24. The Labute approximate surface area is 95.9 Å². The molecule has 1 aromatic carbocycles.